The zero-order valence-electron chi connectivity index (χ0n) is 12.6. The Kier molecular flexibility index (Phi) is 3.89. The van der Waals surface area contributed by atoms with Crippen LogP contribution in [0.15, 0.2) is 24.3 Å². The third kappa shape index (κ3) is 2.91. The zero-order chi connectivity index (χ0) is 14.9. The lowest BCUT2D eigenvalue weighted by molar-refractivity contribution is -0.124. The number of hydrogen-bond donors (Lipinski definition) is 2. The maximum Gasteiger partial charge on any atom is 0.230 e. The Morgan fingerprint density at radius 2 is 1.90 bits per heavy atom. The fraction of sp³-hybridized carbons (Fsp3) is 0.588. The van der Waals surface area contributed by atoms with Gasteiger partial charge in [0.05, 0.1) is 5.41 Å². The summed E-state index contributed by atoms with van der Waals surface area (Å²) < 4.78 is 5.39. The van der Waals surface area contributed by atoms with Crippen LogP contribution in [0.25, 0.3) is 0 Å². The van der Waals surface area contributed by atoms with Crippen LogP contribution in [0.4, 0.5) is 5.69 Å². The van der Waals surface area contributed by atoms with Crippen LogP contribution in [0.5, 0.6) is 0 Å². The van der Waals surface area contributed by atoms with Gasteiger partial charge in [-0.2, -0.15) is 0 Å². The highest BCUT2D eigenvalue weighted by Crippen LogP contribution is 2.48. The summed E-state index contributed by atoms with van der Waals surface area (Å²) in [6, 6.07) is 7.95. The summed E-state index contributed by atoms with van der Waals surface area (Å²) in [4.78, 5) is 12.7. The van der Waals surface area contributed by atoms with E-state index in [0.717, 1.165) is 50.1 Å². The lowest BCUT2D eigenvalue weighted by Crippen LogP contribution is -2.44. The summed E-state index contributed by atoms with van der Waals surface area (Å²) >= 11 is 0. The quantitative estimate of drug-likeness (QED) is 0.835. The van der Waals surface area contributed by atoms with Crippen LogP contribution in [0.3, 0.4) is 0 Å². The first-order valence-corrected chi connectivity index (χ1v) is 7.86. The Labute approximate surface area is 126 Å². The van der Waals surface area contributed by atoms with Gasteiger partial charge in [-0.1, -0.05) is 12.1 Å². The molecule has 3 rings (SSSR count). The molecule has 0 radical (unpaired) electrons. The van der Waals surface area contributed by atoms with Gasteiger partial charge in [0.15, 0.2) is 0 Å². The molecule has 0 spiro atoms. The van der Waals surface area contributed by atoms with E-state index in [9.17, 15) is 4.79 Å². The van der Waals surface area contributed by atoms with Crippen LogP contribution < -0.4 is 11.1 Å². The van der Waals surface area contributed by atoms with Crippen molar-refractivity contribution >= 4 is 11.6 Å². The molecule has 1 atom stereocenters. The SMILES string of the molecule is CC(NC(=O)C1(c2ccc(N)cc2)CC1)C1CCOCC1. The topological polar surface area (TPSA) is 64.4 Å². The van der Waals surface area contributed by atoms with Crippen LogP contribution in [-0.2, 0) is 14.9 Å². The van der Waals surface area contributed by atoms with Crippen molar-refractivity contribution in [2.75, 3.05) is 18.9 Å². The molecule has 1 unspecified atom stereocenters. The summed E-state index contributed by atoms with van der Waals surface area (Å²) in [6.07, 6.45) is 3.94. The fourth-order valence-electron chi connectivity index (χ4n) is 3.25. The minimum Gasteiger partial charge on any atom is -0.399 e. The van der Waals surface area contributed by atoms with Crippen molar-refractivity contribution in [2.45, 2.75) is 44.1 Å². The van der Waals surface area contributed by atoms with Gasteiger partial charge >= 0.3 is 0 Å². The molecule has 1 aliphatic heterocycles. The van der Waals surface area contributed by atoms with E-state index in [0.29, 0.717) is 5.92 Å². The van der Waals surface area contributed by atoms with Crippen molar-refractivity contribution in [1.82, 2.24) is 5.32 Å². The minimum absolute atomic E-state index is 0.172. The Balaban J connectivity index is 1.65. The second-order valence-electron chi connectivity index (χ2n) is 6.42. The first-order chi connectivity index (χ1) is 10.1. The van der Waals surface area contributed by atoms with E-state index in [2.05, 4.69) is 12.2 Å². The Morgan fingerprint density at radius 1 is 1.29 bits per heavy atom. The van der Waals surface area contributed by atoms with E-state index in [1.807, 2.05) is 24.3 Å². The number of amides is 1. The lowest BCUT2D eigenvalue weighted by atomic mass is 9.90. The highest BCUT2D eigenvalue weighted by Gasteiger charge is 2.51. The Hall–Kier alpha value is -1.55. The lowest BCUT2D eigenvalue weighted by Gasteiger charge is -2.29. The van der Waals surface area contributed by atoms with Gasteiger partial charge in [0, 0.05) is 24.9 Å². The highest BCUT2D eigenvalue weighted by atomic mass is 16.5. The number of anilines is 1. The number of rotatable bonds is 4. The summed E-state index contributed by atoms with van der Waals surface area (Å²) in [7, 11) is 0. The Bertz CT molecular complexity index is 502. The number of benzene rings is 1. The summed E-state index contributed by atoms with van der Waals surface area (Å²) in [5.41, 5.74) is 7.25. The maximum atomic E-state index is 12.7. The average Bonchev–Trinajstić information content (AvgIpc) is 3.30. The molecule has 1 aliphatic carbocycles. The second kappa shape index (κ2) is 5.68. The zero-order valence-corrected chi connectivity index (χ0v) is 12.6. The highest BCUT2D eigenvalue weighted by molar-refractivity contribution is 5.91. The molecule has 0 aromatic heterocycles. The largest absolute Gasteiger partial charge is 0.399 e. The van der Waals surface area contributed by atoms with Crippen molar-refractivity contribution in [1.29, 1.82) is 0 Å². The number of carbonyl (C=O) groups is 1. The molecule has 2 fully saturated rings. The van der Waals surface area contributed by atoms with Gasteiger partial charge in [-0.05, 0) is 56.2 Å². The molecule has 1 saturated heterocycles. The number of nitrogen functional groups attached to an aromatic ring is 1. The molecule has 0 bridgehead atoms. The molecule has 21 heavy (non-hydrogen) atoms. The van der Waals surface area contributed by atoms with Crippen LogP contribution >= 0.6 is 0 Å². The summed E-state index contributed by atoms with van der Waals surface area (Å²) in [5.74, 6) is 0.705. The van der Waals surface area contributed by atoms with Gasteiger partial charge in [0.1, 0.15) is 0 Å². The number of nitrogens with one attached hydrogen (secondary N) is 1. The maximum absolute atomic E-state index is 12.7. The number of carbonyl (C=O) groups excluding carboxylic acids is 1. The molecule has 1 saturated carbocycles. The van der Waals surface area contributed by atoms with E-state index in [1.54, 1.807) is 0 Å². The third-order valence-electron chi connectivity index (χ3n) is 4.98. The predicted octanol–water partition coefficient (Wildman–Crippen LogP) is 2.23. The molecule has 3 N–H and O–H groups in total. The van der Waals surface area contributed by atoms with E-state index in [-0.39, 0.29) is 17.4 Å². The molecule has 1 amide bonds. The molecule has 1 aromatic rings. The first kappa shape index (κ1) is 14.4. The predicted molar refractivity (Wildman–Crippen MR) is 82.9 cm³/mol. The number of nitrogens with two attached hydrogens (primary N) is 1. The van der Waals surface area contributed by atoms with Gasteiger partial charge in [-0.15, -0.1) is 0 Å². The first-order valence-electron chi connectivity index (χ1n) is 7.86. The monoisotopic (exact) mass is 288 g/mol. The third-order valence-corrected chi connectivity index (χ3v) is 4.98. The van der Waals surface area contributed by atoms with Gasteiger partial charge in [-0.25, -0.2) is 0 Å². The van der Waals surface area contributed by atoms with Crippen LogP contribution in [-0.4, -0.2) is 25.2 Å². The van der Waals surface area contributed by atoms with Crippen molar-refractivity contribution < 1.29 is 9.53 Å². The van der Waals surface area contributed by atoms with Crippen LogP contribution in [0.1, 0.15) is 38.2 Å². The van der Waals surface area contributed by atoms with Gasteiger partial charge in [0.25, 0.3) is 0 Å². The number of hydrogen-bond acceptors (Lipinski definition) is 3. The fourth-order valence-corrected chi connectivity index (χ4v) is 3.25. The van der Waals surface area contributed by atoms with Gasteiger partial charge in [-0.3, -0.25) is 4.79 Å². The van der Waals surface area contributed by atoms with Crippen LogP contribution in [0.2, 0.25) is 0 Å². The smallest absolute Gasteiger partial charge is 0.230 e. The summed E-state index contributed by atoms with van der Waals surface area (Å²) in [6.45, 7) is 3.74. The second-order valence-corrected chi connectivity index (χ2v) is 6.42. The van der Waals surface area contributed by atoms with Crippen molar-refractivity contribution in [3.05, 3.63) is 29.8 Å². The van der Waals surface area contributed by atoms with E-state index >= 15 is 0 Å². The molecular weight excluding hydrogens is 264 g/mol. The van der Waals surface area contributed by atoms with Crippen molar-refractivity contribution in [2.24, 2.45) is 5.92 Å². The van der Waals surface area contributed by atoms with Gasteiger partial charge < -0.3 is 15.8 Å². The van der Waals surface area contributed by atoms with Crippen LogP contribution in [0, 0.1) is 5.92 Å². The van der Waals surface area contributed by atoms with E-state index < -0.39 is 0 Å². The molecule has 1 heterocycles. The summed E-state index contributed by atoms with van der Waals surface area (Å²) in [5, 5.41) is 3.24. The standard InChI is InChI=1S/C17H24N2O2/c1-12(13-6-10-21-11-7-13)19-16(20)17(8-9-17)14-2-4-15(18)5-3-14/h2-5,12-13H,6-11,18H2,1H3,(H,19,20). The molecular formula is C17H24N2O2. The molecule has 1 aromatic carbocycles. The molecule has 4 nitrogen and oxygen atoms in total. The average molecular weight is 288 g/mol. The van der Waals surface area contributed by atoms with Crippen molar-refractivity contribution in [3.63, 3.8) is 0 Å². The van der Waals surface area contributed by atoms with Crippen molar-refractivity contribution in [3.8, 4) is 0 Å². The molecule has 2 aliphatic rings. The van der Waals surface area contributed by atoms with E-state index in [1.165, 1.54) is 0 Å². The normalized spacial score (nSPS) is 22.5. The Morgan fingerprint density at radius 3 is 2.48 bits per heavy atom. The molecule has 114 valence electrons. The number of ether oxygens (including phenoxy) is 1. The van der Waals surface area contributed by atoms with E-state index in [4.69, 9.17) is 10.5 Å². The van der Waals surface area contributed by atoms with Gasteiger partial charge in [0.2, 0.25) is 5.91 Å². The minimum atomic E-state index is -0.312. The molecule has 4 heteroatoms.